The maximum Gasteiger partial charge on any atom is 0.211 e. The molecule has 13 heavy (non-hydrogen) atoms. The molecule has 4 nitrogen and oxygen atoms in total. The minimum Gasteiger partial charge on any atom is -0.314 e. The van der Waals surface area contributed by atoms with Crippen LogP contribution in [0.5, 0.6) is 0 Å². The fraction of sp³-hybridized carbons (Fsp3) is 1.00. The van der Waals surface area contributed by atoms with Gasteiger partial charge in [0, 0.05) is 25.2 Å². The molecule has 1 aliphatic heterocycles. The normalized spacial score (nSPS) is 31.0. The quantitative estimate of drug-likeness (QED) is 0.690. The van der Waals surface area contributed by atoms with E-state index < -0.39 is 10.0 Å². The molecular weight excluding hydrogens is 212 g/mol. The molecule has 0 aromatic heterocycles. The number of hydrogen-bond acceptors (Lipinski definition) is 3. The van der Waals surface area contributed by atoms with Crippen molar-refractivity contribution in [2.24, 2.45) is 0 Å². The predicted molar refractivity (Wildman–Crippen MR) is 55.7 cm³/mol. The van der Waals surface area contributed by atoms with E-state index in [9.17, 15) is 8.42 Å². The van der Waals surface area contributed by atoms with Crippen LogP contribution < -0.4 is 5.32 Å². The first kappa shape index (κ1) is 13.2. The van der Waals surface area contributed by atoms with Gasteiger partial charge in [-0.1, -0.05) is 0 Å². The van der Waals surface area contributed by atoms with E-state index in [4.69, 9.17) is 0 Å². The average Bonchev–Trinajstić information content (AvgIpc) is 1.82. The Labute approximate surface area is 86.1 Å². The fourth-order valence-corrected chi connectivity index (χ4v) is 3.23. The predicted octanol–water partition coefficient (Wildman–Crippen LogP) is 0.0500. The summed E-state index contributed by atoms with van der Waals surface area (Å²) < 4.78 is 24.2. The van der Waals surface area contributed by atoms with E-state index in [1.807, 2.05) is 13.8 Å². The highest BCUT2D eigenvalue weighted by atomic mass is 35.5. The van der Waals surface area contributed by atoms with E-state index in [1.54, 1.807) is 4.31 Å². The van der Waals surface area contributed by atoms with Crippen LogP contribution in [0, 0.1) is 0 Å². The second-order valence-corrected chi connectivity index (χ2v) is 5.34. The van der Waals surface area contributed by atoms with Crippen molar-refractivity contribution < 1.29 is 8.42 Å². The molecule has 0 aromatic rings. The maximum atomic E-state index is 11.3. The second kappa shape index (κ2) is 4.59. The number of halogens is 1. The first-order chi connectivity index (χ1) is 5.43. The van der Waals surface area contributed by atoms with Gasteiger partial charge in [0.2, 0.25) is 10.0 Å². The fourth-order valence-electron chi connectivity index (χ4n) is 1.77. The van der Waals surface area contributed by atoms with Gasteiger partial charge in [-0.25, -0.2) is 8.42 Å². The molecule has 1 aliphatic rings. The zero-order valence-electron chi connectivity index (χ0n) is 8.15. The monoisotopic (exact) mass is 228 g/mol. The molecule has 0 aliphatic carbocycles. The summed E-state index contributed by atoms with van der Waals surface area (Å²) in [5.41, 5.74) is 0. The van der Waals surface area contributed by atoms with E-state index >= 15 is 0 Å². The van der Waals surface area contributed by atoms with Gasteiger partial charge in [-0.2, -0.15) is 4.31 Å². The van der Waals surface area contributed by atoms with Crippen LogP contribution in [0.15, 0.2) is 0 Å². The summed E-state index contributed by atoms with van der Waals surface area (Å²) in [5.74, 6) is 0. The number of rotatable bonds is 1. The number of piperazine rings is 1. The molecule has 0 spiro atoms. The molecule has 0 unspecified atom stereocenters. The molecule has 2 atom stereocenters. The summed E-state index contributed by atoms with van der Waals surface area (Å²) in [4.78, 5) is 0. The molecule has 1 rings (SSSR count). The number of sulfonamides is 1. The second-order valence-electron chi connectivity index (χ2n) is 3.45. The Morgan fingerprint density at radius 2 is 1.62 bits per heavy atom. The van der Waals surface area contributed by atoms with Crippen LogP contribution in [0.3, 0.4) is 0 Å². The lowest BCUT2D eigenvalue weighted by Gasteiger charge is -2.37. The summed E-state index contributed by atoms with van der Waals surface area (Å²) in [6, 6.07) is 0.146. The van der Waals surface area contributed by atoms with Crippen molar-refractivity contribution in [2.45, 2.75) is 25.9 Å². The van der Waals surface area contributed by atoms with Gasteiger partial charge in [0.25, 0.3) is 0 Å². The highest BCUT2D eigenvalue weighted by Crippen LogP contribution is 2.13. The van der Waals surface area contributed by atoms with Gasteiger partial charge in [0.15, 0.2) is 0 Å². The summed E-state index contributed by atoms with van der Waals surface area (Å²) >= 11 is 0. The lowest BCUT2D eigenvalue weighted by Crippen LogP contribution is -2.56. The van der Waals surface area contributed by atoms with Crippen molar-refractivity contribution in [1.29, 1.82) is 0 Å². The largest absolute Gasteiger partial charge is 0.314 e. The van der Waals surface area contributed by atoms with Crippen molar-refractivity contribution in [3.63, 3.8) is 0 Å². The smallest absolute Gasteiger partial charge is 0.211 e. The lowest BCUT2D eigenvalue weighted by molar-refractivity contribution is 0.221. The van der Waals surface area contributed by atoms with Crippen LogP contribution in [0.4, 0.5) is 0 Å². The highest BCUT2D eigenvalue weighted by molar-refractivity contribution is 7.88. The van der Waals surface area contributed by atoms with Crippen molar-refractivity contribution in [3.8, 4) is 0 Å². The lowest BCUT2D eigenvalue weighted by atomic mass is 10.2. The van der Waals surface area contributed by atoms with E-state index in [0.29, 0.717) is 0 Å². The van der Waals surface area contributed by atoms with E-state index in [0.717, 1.165) is 13.1 Å². The van der Waals surface area contributed by atoms with Crippen LogP contribution in [0.1, 0.15) is 13.8 Å². The third kappa shape index (κ3) is 3.09. The summed E-state index contributed by atoms with van der Waals surface area (Å²) in [5, 5.41) is 3.18. The molecule has 0 saturated carbocycles. The standard InChI is InChI=1S/C7H16N2O2S.ClH/c1-6-4-8-5-7(2)9(6)12(3,10)11;/h6-8H,4-5H2,1-3H3;1H/t6-,7+;. The molecule has 0 amide bonds. The molecule has 1 fully saturated rings. The SMILES string of the molecule is C[C@@H]1CNC[C@H](C)N1S(C)(=O)=O.Cl. The highest BCUT2D eigenvalue weighted by Gasteiger charge is 2.31. The van der Waals surface area contributed by atoms with Gasteiger partial charge in [-0.05, 0) is 13.8 Å². The zero-order chi connectivity index (χ0) is 9.35. The van der Waals surface area contributed by atoms with Crippen molar-refractivity contribution in [2.75, 3.05) is 19.3 Å². The average molecular weight is 229 g/mol. The molecule has 1 heterocycles. The molecule has 6 heteroatoms. The zero-order valence-corrected chi connectivity index (χ0v) is 9.78. The Hall–Kier alpha value is 0.160. The van der Waals surface area contributed by atoms with Gasteiger partial charge >= 0.3 is 0 Å². The Morgan fingerprint density at radius 3 is 1.85 bits per heavy atom. The van der Waals surface area contributed by atoms with Gasteiger partial charge in [-0.15, -0.1) is 12.4 Å². The summed E-state index contributed by atoms with van der Waals surface area (Å²) in [6.45, 7) is 5.34. The first-order valence-corrected chi connectivity index (χ1v) is 5.97. The summed E-state index contributed by atoms with van der Waals surface area (Å²) in [7, 11) is -3.03. The van der Waals surface area contributed by atoms with Gasteiger partial charge < -0.3 is 5.32 Å². The third-order valence-electron chi connectivity index (χ3n) is 2.13. The van der Waals surface area contributed by atoms with Crippen molar-refractivity contribution >= 4 is 22.4 Å². The molecule has 0 bridgehead atoms. The van der Waals surface area contributed by atoms with Crippen LogP contribution in [-0.2, 0) is 10.0 Å². The summed E-state index contributed by atoms with van der Waals surface area (Å²) in [6.07, 6.45) is 1.27. The Bertz CT molecular complexity index is 245. The molecule has 0 radical (unpaired) electrons. The maximum absolute atomic E-state index is 11.3. The van der Waals surface area contributed by atoms with Gasteiger partial charge in [0.05, 0.1) is 6.26 Å². The number of nitrogens with one attached hydrogen (secondary N) is 1. The van der Waals surface area contributed by atoms with Crippen molar-refractivity contribution in [3.05, 3.63) is 0 Å². The Kier molecular flexibility index (Phi) is 4.65. The first-order valence-electron chi connectivity index (χ1n) is 4.12. The van der Waals surface area contributed by atoms with E-state index in [1.165, 1.54) is 6.26 Å². The molecule has 80 valence electrons. The third-order valence-corrected chi connectivity index (χ3v) is 3.62. The van der Waals surface area contributed by atoms with Gasteiger partial charge in [-0.3, -0.25) is 0 Å². The van der Waals surface area contributed by atoms with Crippen LogP contribution in [0.2, 0.25) is 0 Å². The topological polar surface area (TPSA) is 49.4 Å². The molecule has 1 saturated heterocycles. The molecule has 0 aromatic carbocycles. The van der Waals surface area contributed by atoms with Crippen LogP contribution in [0.25, 0.3) is 0 Å². The van der Waals surface area contributed by atoms with Crippen molar-refractivity contribution in [1.82, 2.24) is 9.62 Å². The number of nitrogens with zero attached hydrogens (tertiary/aromatic N) is 1. The molecular formula is C7H17ClN2O2S. The number of hydrogen-bond donors (Lipinski definition) is 1. The minimum atomic E-state index is -3.03. The van der Waals surface area contributed by atoms with E-state index in [-0.39, 0.29) is 24.5 Å². The molecule has 1 N–H and O–H groups in total. The van der Waals surface area contributed by atoms with Crippen LogP contribution in [-0.4, -0.2) is 44.2 Å². The Morgan fingerprint density at radius 1 is 1.23 bits per heavy atom. The minimum absolute atomic E-state index is 0. The van der Waals surface area contributed by atoms with Crippen LogP contribution >= 0.6 is 12.4 Å². The van der Waals surface area contributed by atoms with E-state index in [2.05, 4.69) is 5.32 Å². The Balaban J connectivity index is 0.00000144. The van der Waals surface area contributed by atoms with Gasteiger partial charge in [0.1, 0.15) is 0 Å².